The summed E-state index contributed by atoms with van der Waals surface area (Å²) in [4.78, 5) is 23.6. The number of nitrogens with zero attached hydrogens (tertiary/aromatic N) is 1. The van der Waals surface area contributed by atoms with Crippen molar-refractivity contribution in [2.24, 2.45) is 0 Å². The average Bonchev–Trinajstić information content (AvgIpc) is 3.02. The highest BCUT2D eigenvalue weighted by Gasteiger charge is 2.32. The van der Waals surface area contributed by atoms with E-state index in [-0.39, 0.29) is 30.8 Å². The molecule has 0 radical (unpaired) electrons. The minimum Gasteiger partial charge on any atom is -0.442 e. The van der Waals surface area contributed by atoms with Crippen molar-refractivity contribution in [1.29, 1.82) is 0 Å². The van der Waals surface area contributed by atoms with Crippen LogP contribution in [-0.4, -0.2) is 83.0 Å². The van der Waals surface area contributed by atoms with Gasteiger partial charge in [-0.1, -0.05) is 0 Å². The number of hydrogen-bond acceptors (Lipinski definition) is 7. The van der Waals surface area contributed by atoms with Gasteiger partial charge in [-0.05, 0) is 38.6 Å². The zero-order valence-electron chi connectivity index (χ0n) is 15.3. The predicted molar refractivity (Wildman–Crippen MR) is 95.3 cm³/mol. The van der Waals surface area contributed by atoms with E-state index >= 15 is 0 Å². The van der Waals surface area contributed by atoms with Crippen molar-refractivity contribution in [1.82, 2.24) is 14.9 Å². The van der Waals surface area contributed by atoms with E-state index < -0.39 is 16.1 Å². The molecule has 0 spiro atoms. The van der Waals surface area contributed by atoms with Gasteiger partial charge >= 0.3 is 6.09 Å². The second kappa shape index (κ2) is 9.63. The van der Waals surface area contributed by atoms with E-state index in [0.717, 1.165) is 38.6 Å². The summed E-state index contributed by atoms with van der Waals surface area (Å²) in [5.41, 5.74) is 0. The maximum Gasteiger partial charge on any atom is 0.410 e. The molecule has 2 fully saturated rings. The fourth-order valence-electron chi connectivity index (χ4n) is 3.55. The smallest absolute Gasteiger partial charge is 0.410 e. The van der Waals surface area contributed by atoms with E-state index in [9.17, 15) is 18.0 Å². The standard InChI is InChI=1S/C16H29N3O6S/c1-19(16(21)24-10-9-20)12-3-5-13(6-4-12)25-11-15-14(7-8-17-15)18-26(2,22)23/h9,12-15,17-18H,3-8,10-11H2,1-2H3/t12?,13?,14-,15-/m0/s1. The van der Waals surface area contributed by atoms with Crippen LogP contribution in [0.15, 0.2) is 0 Å². The summed E-state index contributed by atoms with van der Waals surface area (Å²) in [7, 11) is -1.55. The molecule has 150 valence electrons. The highest BCUT2D eigenvalue weighted by Crippen LogP contribution is 2.25. The van der Waals surface area contributed by atoms with Crippen LogP contribution in [0.2, 0.25) is 0 Å². The quantitative estimate of drug-likeness (QED) is 0.554. The van der Waals surface area contributed by atoms with Crippen LogP contribution in [0.1, 0.15) is 32.1 Å². The van der Waals surface area contributed by atoms with Gasteiger partial charge in [0.1, 0.15) is 6.61 Å². The lowest BCUT2D eigenvalue weighted by Gasteiger charge is -2.34. The van der Waals surface area contributed by atoms with E-state index in [1.54, 1.807) is 11.9 Å². The summed E-state index contributed by atoms with van der Waals surface area (Å²) in [6, 6.07) is -0.0817. The Kier molecular flexibility index (Phi) is 7.81. The van der Waals surface area contributed by atoms with Crippen molar-refractivity contribution < 1.29 is 27.5 Å². The van der Waals surface area contributed by atoms with Crippen molar-refractivity contribution in [2.45, 2.75) is 56.3 Å². The number of nitrogens with one attached hydrogen (secondary N) is 2. The molecular formula is C16H29N3O6S. The lowest BCUT2D eigenvalue weighted by atomic mass is 9.92. The number of carbonyl (C=O) groups excluding carboxylic acids is 2. The van der Waals surface area contributed by atoms with Crippen molar-refractivity contribution >= 4 is 22.4 Å². The molecule has 2 N–H and O–H groups in total. The molecule has 0 aromatic carbocycles. The van der Waals surface area contributed by atoms with Gasteiger partial charge in [0.2, 0.25) is 10.0 Å². The first-order valence-electron chi connectivity index (χ1n) is 8.95. The minimum absolute atomic E-state index is 0.0246. The second-order valence-corrected chi connectivity index (χ2v) is 8.74. The molecule has 1 amide bonds. The summed E-state index contributed by atoms with van der Waals surface area (Å²) >= 11 is 0. The molecular weight excluding hydrogens is 362 g/mol. The van der Waals surface area contributed by atoms with Gasteiger partial charge in [0.25, 0.3) is 0 Å². The molecule has 2 aliphatic rings. The monoisotopic (exact) mass is 391 g/mol. The summed E-state index contributed by atoms with van der Waals surface area (Å²) in [5.74, 6) is 0. The normalized spacial score (nSPS) is 29.3. The van der Waals surface area contributed by atoms with E-state index in [1.807, 2.05) is 0 Å². The second-order valence-electron chi connectivity index (χ2n) is 6.96. The van der Waals surface area contributed by atoms with Gasteiger partial charge in [0.15, 0.2) is 6.29 Å². The van der Waals surface area contributed by atoms with Crippen LogP contribution in [0.4, 0.5) is 4.79 Å². The molecule has 0 aromatic rings. The van der Waals surface area contributed by atoms with Gasteiger partial charge in [0, 0.05) is 25.2 Å². The Morgan fingerprint density at radius 2 is 1.96 bits per heavy atom. The summed E-state index contributed by atoms with van der Waals surface area (Å²) in [5, 5.41) is 3.28. The van der Waals surface area contributed by atoms with E-state index in [2.05, 4.69) is 10.0 Å². The Labute approximate surface area is 154 Å². The van der Waals surface area contributed by atoms with Crippen LogP contribution in [-0.2, 0) is 24.3 Å². The van der Waals surface area contributed by atoms with Crippen LogP contribution in [0.25, 0.3) is 0 Å². The number of ether oxygens (including phenoxy) is 2. The van der Waals surface area contributed by atoms with Gasteiger partial charge in [-0.2, -0.15) is 0 Å². The number of amides is 1. The molecule has 2 rings (SSSR count). The fraction of sp³-hybridized carbons (Fsp3) is 0.875. The first-order valence-corrected chi connectivity index (χ1v) is 10.8. The topological polar surface area (TPSA) is 114 Å². The Morgan fingerprint density at radius 3 is 2.58 bits per heavy atom. The summed E-state index contributed by atoms with van der Waals surface area (Å²) in [6.07, 6.45) is 5.36. The van der Waals surface area contributed by atoms with Crippen LogP contribution >= 0.6 is 0 Å². The molecule has 10 heteroatoms. The van der Waals surface area contributed by atoms with Crippen molar-refractivity contribution in [3.63, 3.8) is 0 Å². The predicted octanol–water partition coefficient (Wildman–Crippen LogP) is -0.139. The van der Waals surface area contributed by atoms with Crippen LogP contribution < -0.4 is 10.0 Å². The van der Waals surface area contributed by atoms with Gasteiger partial charge in [-0.15, -0.1) is 0 Å². The Morgan fingerprint density at radius 1 is 1.27 bits per heavy atom. The third-order valence-corrected chi connectivity index (χ3v) is 5.71. The first-order chi connectivity index (χ1) is 12.3. The SMILES string of the molecule is CN(C(=O)OCC=O)C1CCC(OC[C@@H]2NCC[C@@H]2NS(C)(=O)=O)CC1. The number of sulfonamides is 1. The van der Waals surface area contributed by atoms with Crippen molar-refractivity contribution in [3.05, 3.63) is 0 Å². The molecule has 0 bridgehead atoms. The zero-order chi connectivity index (χ0) is 19.2. The molecule has 1 aliphatic heterocycles. The van der Waals surface area contributed by atoms with Crippen molar-refractivity contribution in [2.75, 3.05) is 33.1 Å². The third-order valence-electron chi connectivity index (χ3n) is 4.98. The van der Waals surface area contributed by atoms with E-state index in [4.69, 9.17) is 9.47 Å². The van der Waals surface area contributed by atoms with Gasteiger partial charge in [0.05, 0.1) is 19.0 Å². The number of hydrogen-bond donors (Lipinski definition) is 2. The fourth-order valence-corrected chi connectivity index (χ4v) is 4.39. The Hall–Kier alpha value is -1.23. The van der Waals surface area contributed by atoms with Crippen LogP contribution in [0.5, 0.6) is 0 Å². The van der Waals surface area contributed by atoms with E-state index in [0.29, 0.717) is 12.9 Å². The molecule has 1 saturated heterocycles. The lowest BCUT2D eigenvalue weighted by molar-refractivity contribution is -0.110. The highest BCUT2D eigenvalue weighted by atomic mass is 32.2. The molecule has 1 saturated carbocycles. The zero-order valence-corrected chi connectivity index (χ0v) is 16.2. The maximum absolute atomic E-state index is 11.8. The molecule has 26 heavy (non-hydrogen) atoms. The van der Waals surface area contributed by atoms with Gasteiger partial charge in [-0.25, -0.2) is 17.9 Å². The largest absolute Gasteiger partial charge is 0.442 e. The third kappa shape index (κ3) is 6.49. The van der Waals surface area contributed by atoms with Crippen LogP contribution in [0, 0.1) is 0 Å². The highest BCUT2D eigenvalue weighted by molar-refractivity contribution is 7.88. The van der Waals surface area contributed by atoms with E-state index in [1.165, 1.54) is 6.26 Å². The van der Waals surface area contributed by atoms with Gasteiger partial charge < -0.3 is 19.7 Å². The summed E-state index contributed by atoms with van der Waals surface area (Å²) in [6.45, 7) is 1.00. The minimum atomic E-state index is -3.23. The number of rotatable bonds is 8. The molecule has 1 heterocycles. The number of carbonyl (C=O) groups is 2. The molecule has 0 unspecified atom stereocenters. The number of aldehydes is 1. The average molecular weight is 391 g/mol. The van der Waals surface area contributed by atoms with Crippen LogP contribution in [0.3, 0.4) is 0 Å². The molecule has 2 atom stereocenters. The molecule has 0 aromatic heterocycles. The Bertz CT molecular complexity index is 577. The first kappa shape index (κ1) is 21.1. The molecule has 1 aliphatic carbocycles. The van der Waals surface area contributed by atoms with Gasteiger partial charge in [-0.3, -0.25) is 4.79 Å². The van der Waals surface area contributed by atoms with Crippen molar-refractivity contribution in [3.8, 4) is 0 Å². The lowest BCUT2D eigenvalue weighted by Crippen LogP contribution is -2.46. The molecule has 9 nitrogen and oxygen atoms in total. The summed E-state index contributed by atoms with van der Waals surface area (Å²) < 4.78 is 36.3. The Balaban J connectivity index is 1.71. The maximum atomic E-state index is 11.8.